The van der Waals surface area contributed by atoms with Crippen molar-refractivity contribution in [1.29, 1.82) is 0 Å². The molecule has 0 fully saturated rings. The summed E-state index contributed by atoms with van der Waals surface area (Å²) in [6, 6.07) is 9.96. The number of nitrogens with one attached hydrogen (secondary N) is 1. The van der Waals surface area contributed by atoms with Gasteiger partial charge in [0.25, 0.3) is 0 Å². The van der Waals surface area contributed by atoms with Gasteiger partial charge in [-0.1, -0.05) is 45.5 Å². The molecular weight excluding hydrogens is 238 g/mol. The monoisotopic (exact) mass is 261 g/mol. The fourth-order valence-electron chi connectivity index (χ4n) is 1.53. The van der Waals surface area contributed by atoms with Crippen molar-refractivity contribution in [1.82, 2.24) is 0 Å². The van der Waals surface area contributed by atoms with Crippen molar-refractivity contribution >= 4 is 11.7 Å². The van der Waals surface area contributed by atoms with Crippen molar-refractivity contribution in [3.8, 4) is 0 Å². The molecule has 0 aliphatic heterocycles. The van der Waals surface area contributed by atoms with Crippen LogP contribution in [-0.4, -0.2) is 18.6 Å². The number of hydrogen-bond donors (Lipinski definition) is 1. The van der Waals surface area contributed by atoms with Crippen molar-refractivity contribution < 1.29 is 9.53 Å². The summed E-state index contributed by atoms with van der Waals surface area (Å²) in [4.78, 5) is 11.5. The number of esters is 1. The van der Waals surface area contributed by atoms with E-state index in [1.54, 1.807) is 6.92 Å². The highest BCUT2D eigenvalue weighted by Crippen LogP contribution is 2.23. The summed E-state index contributed by atoms with van der Waals surface area (Å²) in [5.74, 6) is -0.343. The number of ether oxygens (including phenoxy) is 1. The number of anilines is 1. The van der Waals surface area contributed by atoms with Crippen molar-refractivity contribution in [2.45, 2.75) is 33.7 Å². The lowest BCUT2D eigenvalue weighted by atomic mass is 9.87. The fraction of sp³-hybridized carbons (Fsp3) is 0.438. The van der Waals surface area contributed by atoms with E-state index < -0.39 is 0 Å². The molecule has 0 aromatic heterocycles. The molecule has 1 rings (SSSR count). The van der Waals surface area contributed by atoms with Gasteiger partial charge in [0, 0.05) is 11.3 Å². The zero-order valence-corrected chi connectivity index (χ0v) is 12.2. The van der Waals surface area contributed by atoms with Crippen LogP contribution >= 0.6 is 0 Å². The third-order valence-corrected chi connectivity index (χ3v) is 2.89. The highest BCUT2D eigenvalue weighted by molar-refractivity contribution is 5.86. The Hall–Kier alpha value is -1.77. The lowest BCUT2D eigenvalue weighted by Crippen LogP contribution is -2.38. The van der Waals surface area contributed by atoms with E-state index in [-0.39, 0.29) is 17.4 Å². The van der Waals surface area contributed by atoms with Gasteiger partial charge in [-0.2, -0.15) is 0 Å². The van der Waals surface area contributed by atoms with Gasteiger partial charge in [0.2, 0.25) is 0 Å². The number of carbonyl (C=O) groups is 1. The van der Waals surface area contributed by atoms with E-state index in [4.69, 9.17) is 4.74 Å². The lowest BCUT2D eigenvalue weighted by molar-refractivity contribution is -0.139. The molecule has 0 radical (unpaired) electrons. The zero-order chi connectivity index (χ0) is 14.5. The number of hydrogen-bond acceptors (Lipinski definition) is 3. The van der Waals surface area contributed by atoms with Crippen molar-refractivity contribution in [3.05, 3.63) is 42.5 Å². The highest BCUT2D eigenvalue weighted by Gasteiger charge is 2.26. The van der Waals surface area contributed by atoms with Crippen LogP contribution in [0.2, 0.25) is 0 Å². The standard InChI is InChI=1S/C16H23NO2/c1-12(2)15(18)19-11-14(16(3,4)5)17-13-9-7-6-8-10-13/h6-10,14,17H,1,11H2,2-5H3. The van der Waals surface area contributed by atoms with Gasteiger partial charge in [0.15, 0.2) is 0 Å². The second-order valence-corrected chi connectivity index (χ2v) is 5.81. The Bertz CT molecular complexity index is 432. The van der Waals surface area contributed by atoms with Crippen molar-refractivity contribution in [3.63, 3.8) is 0 Å². The number of para-hydroxylation sites is 1. The van der Waals surface area contributed by atoms with Crippen LogP contribution in [0, 0.1) is 5.41 Å². The van der Waals surface area contributed by atoms with Gasteiger partial charge >= 0.3 is 5.97 Å². The molecule has 1 aromatic carbocycles. The second kappa shape index (κ2) is 6.41. The Labute approximate surface area is 115 Å². The van der Waals surface area contributed by atoms with E-state index in [0.717, 1.165) is 5.69 Å². The molecule has 0 heterocycles. The normalized spacial score (nSPS) is 12.6. The van der Waals surface area contributed by atoms with Gasteiger partial charge in [-0.15, -0.1) is 0 Å². The Balaban J connectivity index is 2.69. The minimum atomic E-state index is -0.343. The molecule has 19 heavy (non-hydrogen) atoms. The summed E-state index contributed by atoms with van der Waals surface area (Å²) in [6.07, 6.45) is 0. The van der Waals surface area contributed by atoms with E-state index >= 15 is 0 Å². The highest BCUT2D eigenvalue weighted by atomic mass is 16.5. The quantitative estimate of drug-likeness (QED) is 0.649. The van der Waals surface area contributed by atoms with Crippen LogP contribution in [0.1, 0.15) is 27.7 Å². The Kier molecular flexibility index (Phi) is 5.16. The largest absolute Gasteiger partial charge is 0.460 e. The van der Waals surface area contributed by atoms with Gasteiger partial charge in [-0.3, -0.25) is 0 Å². The molecule has 1 unspecified atom stereocenters. The first kappa shape index (κ1) is 15.3. The van der Waals surface area contributed by atoms with Gasteiger partial charge in [-0.25, -0.2) is 4.79 Å². The van der Waals surface area contributed by atoms with E-state index in [1.165, 1.54) is 0 Å². The second-order valence-electron chi connectivity index (χ2n) is 5.81. The Morgan fingerprint density at radius 1 is 1.32 bits per heavy atom. The third-order valence-electron chi connectivity index (χ3n) is 2.89. The molecule has 0 saturated heterocycles. The topological polar surface area (TPSA) is 38.3 Å². The molecular formula is C16H23NO2. The van der Waals surface area contributed by atoms with E-state index in [9.17, 15) is 4.79 Å². The van der Waals surface area contributed by atoms with Gasteiger partial charge in [-0.05, 0) is 24.5 Å². The average Bonchev–Trinajstić information content (AvgIpc) is 2.33. The van der Waals surface area contributed by atoms with Gasteiger partial charge < -0.3 is 10.1 Å². The molecule has 3 nitrogen and oxygen atoms in total. The molecule has 0 bridgehead atoms. The van der Waals surface area contributed by atoms with Crippen LogP contribution in [0.5, 0.6) is 0 Å². The zero-order valence-electron chi connectivity index (χ0n) is 12.2. The summed E-state index contributed by atoms with van der Waals surface area (Å²) >= 11 is 0. The van der Waals surface area contributed by atoms with Gasteiger partial charge in [0.1, 0.15) is 6.61 Å². The van der Waals surface area contributed by atoms with Crippen LogP contribution in [0.4, 0.5) is 5.69 Å². The predicted octanol–water partition coefficient (Wildman–Crippen LogP) is 3.63. The first-order chi connectivity index (χ1) is 8.80. The number of rotatable bonds is 5. The summed E-state index contributed by atoms with van der Waals surface area (Å²) in [5.41, 5.74) is 1.42. The molecule has 1 aromatic rings. The van der Waals surface area contributed by atoms with Crippen molar-refractivity contribution in [2.75, 3.05) is 11.9 Å². The van der Waals surface area contributed by atoms with Crippen LogP contribution < -0.4 is 5.32 Å². The number of benzene rings is 1. The number of carbonyl (C=O) groups excluding carboxylic acids is 1. The maximum Gasteiger partial charge on any atom is 0.333 e. The molecule has 1 atom stereocenters. The minimum absolute atomic E-state index is 0.0226. The van der Waals surface area contributed by atoms with Crippen LogP contribution in [0.15, 0.2) is 42.5 Å². The first-order valence-corrected chi connectivity index (χ1v) is 6.45. The summed E-state index contributed by atoms with van der Waals surface area (Å²) < 4.78 is 5.26. The van der Waals surface area contributed by atoms with Gasteiger partial charge in [0.05, 0.1) is 6.04 Å². The van der Waals surface area contributed by atoms with E-state index in [1.807, 2.05) is 30.3 Å². The van der Waals surface area contributed by atoms with Crippen LogP contribution in [0.3, 0.4) is 0 Å². The minimum Gasteiger partial charge on any atom is -0.460 e. The van der Waals surface area contributed by atoms with E-state index in [0.29, 0.717) is 12.2 Å². The molecule has 0 aliphatic rings. The Morgan fingerprint density at radius 2 is 1.89 bits per heavy atom. The Morgan fingerprint density at radius 3 is 2.37 bits per heavy atom. The maximum absolute atomic E-state index is 11.5. The summed E-state index contributed by atoms with van der Waals surface area (Å²) in [7, 11) is 0. The van der Waals surface area contributed by atoms with Crippen LogP contribution in [0.25, 0.3) is 0 Å². The third kappa shape index (κ3) is 5.16. The fourth-order valence-corrected chi connectivity index (χ4v) is 1.53. The summed E-state index contributed by atoms with van der Waals surface area (Å²) in [6.45, 7) is 11.9. The SMILES string of the molecule is C=C(C)C(=O)OCC(Nc1ccccc1)C(C)(C)C. The molecule has 0 saturated carbocycles. The average molecular weight is 261 g/mol. The smallest absolute Gasteiger partial charge is 0.333 e. The molecule has 0 spiro atoms. The summed E-state index contributed by atoms with van der Waals surface area (Å²) in [5, 5.41) is 3.41. The molecule has 0 aliphatic carbocycles. The molecule has 3 heteroatoms. The maximum atomic E-state index is 11.5. The van der Waals surface area contributed by atoms with E-state index in [2.05, 4.69) is 32.7 Å². The molecule has 0 amide bonds. The molecule has 1 N–H and O–H groups in total. The lowest BCUT2D eigenvalue weighted by Gasteiger charge is -2.32. The predicted molar refractivity (Wildman–Crippen MR) is 79.1 cm³/mol. The first-order valence-electron chi connectivity index (χ1n) is 6.45. The molecule has 104 valence electrons. The van der Waals surface area contributed by atoms with Crippen molar-refractivity contribution in [2.24, 2.45) is 5.41 Å². The van der Waals surface area contributed by atoms with Crippen LogP contribution in [-0.2, 0) is 9.53 Å².